The van der Waals surface area contributed by atoms with Crippen LogP contribution in [0.1, 0.15) is 61.9 Å². The summed E-state index contributed by atoms with van der Waals surface area (Å²) < 4.78 is 0. The van der Waals surface area contributed by atoms with Crippen LogP contribution in [0.5, 0.6) is 0 Å². The maximum absolute atomic E-state index is 11.4. The van der Waals surface area contributed by atoms with E-state index in [0.717, 1.165) is 61.5 Å². The number of allylic oxidation sites excluding steroid dienone is 6. The number of carboxylic acids is 1. The minimum atomic E-state index is -0.911. The zero-order valence-electron chi connectivity index (χ0n) is 21.4. The average Bonchev–Trinajstić information content (AvgIpc) is 3.01. The quantitative estimate of drug-likeness (QED) is 0.264. The van der Waals surface area contributed by atoms with Crippen LogP contribution in [0.2, 0.25) is 0 Å². The molecule has 1 N–H and O–H groups in total. The second-order valence-electron chi connectivity index (χ2n) is 10.1. The van der Waals surface area contributed by atoms with Gasteiger partial charge >= 0.3 is 5.97 Å². The molecule has 0 bridgehead atoms. The minimum absolute atomic E-state index is 0.296. The molecule has 0 saturated heterocycles. The Kier molecular flexibility index (Phi) is 8.10. The first kappa shape index (κ1) is 25.9. The molecular weight excluding hydrogens is 459 g/mol. The molecule has 3 heteroatoms. The normalized spacial score (nSPS) is 16.4. The smallest absolute Gasteiger partial charge is 0.335 e. The van der Waals surface area contributed by atoms with Gasteiger partial charge in [-0.2, -0.15) is 0 Å². The highest BCUT2D eigenvalue weighted by Crippen LogP contribution is 2.30. The monoisotopic (exact) mass is 494 g/mol. The molecule has 0 aromatic heterocycles. The molecule has 2 aliphatic carbocycles. The van der Waals surface area contributed by atoms with Gasteiger partial charge in [0.2, 0.25) is 0 Å². The van der Waals surface area contributed by atoms with Gasteiger partial charge in [0.05, 0.1) is 5.56 Å². The van der Waals surface area contributed by atoms with Crippen LogP contribution in [-0.2, 0) is 6.42 Å². The van der Waals surface area contributed by atoms with Crippen molar-refractivity contribution in [2.45, 2.75) is 52.4 Å². The minimum Gasteiger partial charge on any atom is -0.478 e. The molecule has 1 fully saturated rings. The lowest BCUT2D eigenvalue weighted by Gasteiger charge is -2.22. The number of benzene rings is 2. The van der Waals surface area contributed by atoms with E-state index >= 15 is 0 Å². The highest BCUT2D eigenvalue weighted by molar-refractivity contribution is 7.22. The van der Waals surface area contributed by atoms with Crippen LogP contribution in [0.15, 0.2) is 89.0 Å². The lowest BCUT2D eigenvalue weighted by Crippen LogP contribution is -2.28. The van der Waals surface area contributed by atoms with Gasteiger partial charge in [0.1, 0.15) is 0 Å². The SMILES string of the molecule is C=C=C(C)C(C1=CC(=C)C=c2c(-c3ccc(C(=O)O)cc3)cc(CC3CCCCC3)cc2=C1)=C(C)P. The maximum atomic E-state index is 11.4. The number of hydrogen-bond donors (Lipinski definition) is 1. The van der Waals surface area contributed by atoms with Gasteiger partial charge in [-0.3, -0.25) is 0 Å². The van der Waals surface area contributed by atoms with E-state index in [1.165, 1.54) is 37.7 Å². The molecule has 2 aliphatic rings. The number of hydrogen-bond acceptors (Lipinski definition) is 1. The first-order valence-corrected chi connectivity index (χ1v) is 13.3. The topological polar surface area (TPSA) is 37.3 Å². The Morgan fingerprint density at radius 3 is 2.36 bits per heavy atom. The second-order valence-corrected chi connectivity index (χ2v) is 10.9. The molecule has 1 saturated carbocycles. The highest BCUT2D eigenvalue weighted by Gasteiger charge is 2.17. The third kappa shape index (κ3) is 5.79. The molecule has 1 atom stereocenters. The van der Waals surface area contributed by atoms with Crippen LogP contribution in [0.25, 0.3) is 23.3 Å². The van der Waals surface area contributed by atoms with Crippen molar-refractivity contribution in [2.24, 2.45) is 5.92 Å². The van der Waals surface area contributed by atoms with Crippen molar-refractivity contribution in [3.8, 4) is 11.1 Å². The Morgan fingerprint density at radius 2 is 1.75 bits per heavy atom. The molecule has 1 unspecified atom stereocenters. The zero-order valence-corrected chi connectivity index (χ0v) is 22.5. The molecule has 2 aromatic carbocycles. The van der Waals surface area contributed by atoms with Gasteiger partial charge in [-0.1, -0.05) is 69.5 Å². The zero-order chi connectivity index (χ0) is 25.8. The summed E-state index contributed by atoms with van der Waals surface area (Å²) in [5.74, 6) is -0.194. The Balaban J connectivity index is 1.94. The van der Waals surface area contributed by atoms with Gasteiger partial charge in [-0.25, -0.2) is 4.79 Å². The predicted molar refractivity (Wildman–Crippen MR) is 155 cm³/mol. The molecule has 2 nitrogen and oxygen atoms in total. The van der Waals surface area contributed by atoms with Crippen LogP contribution < -0.4 is 10.4 Å². The second kappa shape index (κ2) is 11.3. The van der Waals surface area contributed by atoms with Crippen molar-refractivity contribution < 1.29 is 9.90 Å². The highest BCUT2D eigenvalue weighted by atomic mass is 31.0. The van der Waals surface area contributed by atoms with E-state index in [2.05, 4.69) is 65.4 Å². The summed E-state index contributed by atoms with van der Waals surface area (Å²) in [7, 11) is 2.82. The van der Waals surface area contributed by atoms with Crippen molar-refractivity contribution in [2.75, 3.05) is 0 Å². The van der Waals surface area contributed by atoms with Crippen LogP contribution in [0, 0.1) is 5.92 Å². The van der Waals surface area contributed by atoms with Gasteiger partial charge in [0.25, 0.3) is 0 Å². The lowest BCUT2D eigenvalue weighted by molar-refractivity contribution is 0.0697. The summed E-state index contributed by atoms with van der Waals surface area (Å²) >= 11 is 0. The molecule has 0 radical (unpaired) electrons. The number of carboxylic acid groups (broad SMARTS) is 1. The van der Waals surface area contributed by atoms with E-state index in [9.17, 15) is 9.90 Å². The molecule has 0 aliphatic heterocycles. The largest absolute Gasteiger partial charge is 0.478 e. The van der Waals surface area contributed by atoms with Crippen molar-refractivity contribution >= 4 is 27.4 Å². The fraction of sp³-hybridized carbons (Fsp3) is 0.273. The first-order valence-electron chi connectivity index (χ1n) is 12.7. The standard InChI is InChI=1S/C33H35O2P/c1-5-22(3)32(23(4)36)29-15-21(2)16-30-28(20-29)18-25(17-24-9-7-6-8-10-24)19-31(30)26-11-13-27(14-12-26)33(34)35/h11-16,18-20,24H,1-2,6-10,17,36H2,3-4H3,(H,34,35). The van der Waals surface area contributed by atoms with Crippen molar-refractivity contribution in [3.05, 3.63) is 111 Å². The fourth-order valence-corrected chi connectivity index (χ4v) is 5.88. The van der Waals surface area contributed by atoms with Crippen molar-refractivity contribution in [3.63, 3.8) is 0 Å². The number of fused-ring (bicyclic) bond motifs is 1. The van der Waals surface area contributed by atoms with Gasteiger partial charge in [0.15, 0.2) is 0 Å². The molecule has 0 heterocycles. The van der Waals surface area contributed by atoms with E-state index in [1.807, 2.05) is 19.1 Å². The summed E-state index contributed by atoms with van der Waals surface area (Å²) in [6.45, 7) is 12.3. The van der Waals surface area contributed by atoms with Crippen molar-refractivity contribution in [1.82, 2.24) is 0 Å². The molecule has 0 amide bonds. The van der Waals surface area contributed by atoms with E-state index in [-0.39, 0.29) is 0 Å². The fourth-order valence-electron chi connectivity index (χ4n) is 5.50. The third-order valence-electron chi connectivity index (χ3n) is 7.27. The molecular formula is C33H35O2P. The van der Waals surface area contributed by atoms with Crippen LogP contribution in [-0.4, -0.2) is 11.1 Å². The molecule has 36 heavy (non-hydrogen) atoms. The molecule has 2 aromatic rings. The van der Waals surface area contributed by atoms with Gasteiger partial charge < -0.3 is 5.11 Å². The van der Waals surface area contributed by atoms with E-state index in [4.69, 9.17) is 0 Å². The van der Waals surface area contributed by atoms with Crippen LogP contribution in [0.4, 0.5) is 0 Å². The maximum Gasteiger partial charge on any atom is 0.335 e. The third-order valence-corrected chi connectivity index (χ3v) is 7.56. The van der Waals surface area contributed by atoms with Crippen LogP contribution in [0.3, 0.4) is 0 Å². The first-order chi connectivity index (χ1) is 17.3. The number of carbonyl (C=O) groups is 1. The number of rotatable bonds is 6. The van der Waals surface area contributed by atoms with E-state index in [0.29, 0.717) is 5.56 Å². The lowest BCUT2D eigenvalue weighted by atomic mass is 9.84. The van der Waals surface area contributed by atoms with Gasteiger partial charge in [0, 0.05) is 0 Å². The van der Waals surface area contributed by atoms with Crippen molar-refractivity contribution in [1.29, 1.82) is 0 Å². The predicted octanol–water partition coefficient (Wildman–Crippen LogP) is 7.11. The molecule has 184 valence electrons. The Labute approximate surface area is 217 Å². The summed E-state index contributed by atoms with van der Waals surface area (Å²) in [5.41, 5.74) is 11.0. The Hall–Kier alpha value is -3.18. The summed E-state index contributed by atoms with van der Waals surface area (Å²) in [6.07, 6.45) is 14.2. The Bertz CT molecular complexity index is 1430. The summed E-state index contributed by atoms with van der Waals surface area (Å²) in [6, 6.07) is 11.9. The van der Waals surface area contributed by atoms with E-state index in [1.54, 1.807) is 12.1 Å². The Morgan fingerprint density at radius 1 is 1.06 bits per heavy atom. The summed E-state index contributed by atoms with van der Waals surface area (Å²) in [5, 5.41) is 12.8. The average molecular weight is 495 g/mol. The number of aromatic carboxylic acids is 1. The van der Waals surface area contributed by atoms with E-state index < -0.39 is 5.97 Å². The molecule has 4 rings (SSSR count). The van der Waals surface area contributed by atoms with Crippen LogP contribution >= 0.6 is 9.24 Å². The van der Waals surface area contributed by atoms with Gasteiger partial charge in [-0.05, 0) is 111 Å². The molecule has 0 spiro atoms. The summed E-state index contributed by atoms with van der Waals surface area (Å²) in [4.78, 5) is 11.4. The van der Waals surface area contributed by atoms with Gasteiger partial charge in [-0.15, -0.1) is 15.0 Å².